The summed E-state index contributed by atoms with van der Waals surface area (Å²) in [4.78, 5) is 23.0. The zero-order valence-electron chi connectivity index (χ0n) is 12.3. The smallest absolute Gasteiger partial charge is 0.309 e. The van der Waals surface area contributed by atoms with Gasteiger partial charge in [-0.25, -0.2) is 0 Å². The van der Waals surface area contributed by atoms with E-state index in [0.717, 1.165) is 18.6 Å². The van der Waals surface area contributed by atoms with E-state index in [2.05, 4.69) is 17.4 Å². The molecule has 0 unspecified atom stereocenters. The molecule has 6 heteroatoms. The highest BCUT2D eigenvalue weighted by Crippen LogP contribution is 2.09. The molecule has 0 heterocycles. The van der Waals surface area contributed by atoms with E-state index in [0.29, 0.717) is 17.4 Å². The lowest BCUT2D eigenvalue weighted by molar-refractivity contribution is -0.873. The van der Waals surface area contributed by atoms with Crippen molar-refractivity contribution in [3.05, 3.63) is 0 Å². The third-order valence-corrected chi connectivity index (χ3v) is 2.78. The van der Waals surface area contributed by atoms with Gasteiger partial charge in [0.25, 0.3) is 0 Å². The van der Waals surface area contributed by atoms with Gasteiger partial charge in [0.15, 0.2) is 6.10 Å². The van der Waals surface area contributed by atoms with Crippen LogP contribution in [-0.4, -0.2) is 63.1 Å². The van der Waals surface area contributed by atoms with Gasteiger partial charge in [-0.05, 0) is 18.6 Å². The van der Waals surface area contributed by atoms with E-state index >= 15 is 0 Å². The third-order valence-electron chi connectivity index (χ3n) is 2.46. The average molecular weight is 292 g/mol. The topological polar surface area (TPSA) is 52.6 Å². The first-order valence-electron chi connectivity index (χ1n) is 6.46. The second kappa shape index (κ2) is 9.20. The summed E-state index contributed by atoms with van der Waals surface area (Å²) in [5.74, 6) is 0.142. The lowest BCUT2D eigenvalue weighted by Crippen LogP contribution is -2.43. The second-order valence-corrected chi connectivity index (χ2v) is 5.99. The molecule has 0 aromatic rings. The van der Waals surface area contributed by atoms with Crippen LogP contribution in [0.1, 0.15) is 25.7 Å². The van der Waals surface area contributed by atoms with Gasteiger partial charge in [0.2, 0.25) is 0 Å². The fourth-order valence-corrected chi connectivity index (χ4v) is 1.87. The Balaban J connectivity index is 4.32. The maximum atomic E-state index is 11.7. The number of unbranched alkanes of at least 4 members (excludes halogenated alkanes) is 1. The molecule has 0 spiro atoms. The van der Waals surface area contributed by atoms with E-state index in [-0.39, 0.29) is 18.4 Å². The van der Waals surface area contributed by atoms with Crippen molar-refractivity contribution in [1.29, 1.82) is 0 Å². The molecule has 0 aliphatic rings. The van der Waals surface area contributed by atoms with Crippen molar-refractivity contribution in [2.24, 2.45) is 0 Å². The number of carbonyl (C=O) groups excluding carboxylic acids is 2. The zero-order valence-corrected chi connectivity index (χ0v) is 13.2. The van der Waals surface area contributed by atoms with Crippen molar-refractivity contribution in [2.45, 2.75) is 31.8 Å². The molecule has 1 atom stereocenters. The van der Waals surface area contributed by atoms with Crippen LogP contribution in [0.25, 0.3) is 0 Å². The Bertz CT molecular complexity index is 289. The Kier molecular flexibility index (Phi) is 8.84. The van der Waals surface area contributed by atoms with E-state index < -0.39 is 6.10 Å². The largest absolute Gasteiger partial charge is 0.469 e. The number of hydrogen-bond acceptors (Lipinski definition) is 5. The fourth-order valence-electron chi connectivity index (χ4n) is 1.65. The van der Waals surface area contributed by atoms with Gasteiger partial charge < -0.3 is 14.0 Å². The molecule has 0 saturated heterocycles. The predicted molar refractivity (Wildman–Crippen MR) is 77.1 cm³/mol. The molecule has 0 aromatic heterocycles. The number of ether oxygens (including phenoxy) is 2. The number of carbonyl (C=O) groups is 2. The summed E-state index contributed by atoms with van der Waals surface area (Å²) in [5, 5.41) is 0. The summed E-state index contributed by atoms with van der Waals surface area (Å²) in [6, 6.07) is 0. The molecule has 0 saturated carbocycles. The molecule has 19 heavy (non-hydrogen) atoms. The van der Waals surface area contributed by atoms with Gasteiger partial charge in [-0.3, -0.25) is 9.59 Å². The number of rotatable bonds is 9. The second-order valence-electron chi connectivity index (χ2n) is 5.55. The molecule has 0 aromatic carbocycles. The van der Waals surface area contributed by atoms with Gasteiger partial charge in [-0.15, -0.1) is 0 Å². The molecule has 0 aliphatic carbocycles. The van der Waals surface area contributed by atoms with Crippen molar-refractivity contribution in [3.8, 4) is 0 Å². The molecule has 0 N–H and O–H groups in total. The standard InChI is InChI=1S/C13H25NO4S/c1-14(2,3)10-11(9-13(16)17-4)18-12(15)7-5-6-8-19/h11H,5-10H2,1-4H3/p+1/t11-/m1/s1. The summed E-state index contributed by atoms with van der Waals surface area (Å²) >= 11 is 4.09. The lowest BCUT2D eigenvalue weighted by Gasteiger charge is -2.28. The first-order chi connectivity index (χ1) is 8.78. The van der Waals surface area contributed by atoms with E-state index in [9.17, 15) is 9.59 Å². The highest BCUT2D eigenvalue weighted by Gasteiger charge is 2.25. The molecular formula is C13H26NO4S+. The van der Waals surface area contributed by atoms with Crippen molar-refractivity contribution in [1.82, 2.24) is 0 Å². The normalized spacial score (nSPS) is 12.9. The van der Waals surface area contributed by atoms with Gasteiger partial charge in [-0.1, -0.05) is 0 Å². The van der Waals surface area contributed by atoms with Gasteiger partial charge >= 0.3 is 11.9 Å². The number of methoxy groups -OCH3 is 1. The van der Waals surface area contributed by atoms with Crippen LogP contribution in [0.5, 0.6) is 0 Å². The Labute approximate surface area is 121 Å². The molecule has 0 bridgehead atoms. The quantitative estimate of drug-likeness (QED) is 0.301. The Morgan fingerprint density at radius 1 is 1.16 bits per heavy atom. The van der Waals surface area contributed by atoms with Crippen LogP contribution in [0.4, 0.5) is 0 Å². The van der Waals surface area contributed by atoms with E-state index in [1.807, 2.05) is 21.1 Å². The SMILES string of the molecule is COC(=O)C[C@H](C[N+](C)(C)C)OC(=O)CCCCS. The molecule has 0 rings (SSSR count). The molecule has 5 nitrogen and oxygen atoms in total. The van der Waals surface area contributed by atoms with E-state index in [1.54, 1.807) is 0 Å². The molecule has 0 amide bonds. The van der Waals surface area contributed by atoms with Crippen LogP contribution in [0.3, 0.4) is 0 Å². The average Bonchev–Trinajstić information content (AvgIpc) is 2.26. The Morgan fingerprint density at radius 3 is 2.26 bits per heavy atom. The first kappa shape index (κ1) is 18.2. The van der Waals surface area contributed by atoms with E-state index in [1.165, 1.54) is 7.11 Å². The van der Waals surface area contributed by atoms with Gasteiger partial charge in [-0.2, -0.15) is 12.6 Å². The highest BCUT2D eigenvalue weighted by atomic mass is 32.1. The Morgan fingerprint density at radius 2 is 1.79 bits per heavy atom. The number of nitrogens with zero attached hydrogens (tertiary/aromatic N) is 1. The summed E-state index contributed by atoms with van der Waals surface area (Å²) < 4.78 is 10.6. The molecular weight excluding hydrogens is 266 g/mol. The van der Waals surface area contributed by atoms with Crippen molar-refractivity contribution < 1.29 is 23.5 Å². The lowest BCUT2D eigenvalue weighted by atomic mass is 10.2. The molecule has 112 valence electrons. The predicted octanol–water partition coefficient (Wildman–Crippen LogP) is 1.27. The van der Waals surface area contributed by atoms with Crippen LogP contribution < -0.4 is 0 Å². The minimum absolute atomic E-state index is 0.102. The minimum atomic E-state index is -0.434. The van der Waals surface area contributed by atoms with Crippen LogP contribution in [0.2, 0.25) is 0 Å². The number of esters is 2. The summed E-state index contributed by atoms with van der Waals surface area (Å²) in [6.45, 7) is 0.577. The number of hydrogen-bond donors (Lipinski definition) is 1. The Hall–Kier alpha value is -0.750. The maximum Gasteiger partial charge on any atom is 0.309 e. The van der Waals surface area contributed by atoms with Crippen molar-refractivity contribution in [2.75, 3.05) is 40.6 Å². The van der Waals surface area contributed by atoms with Crippen molar-refractivity contribution in [3.63, 3.8) is 0 Å². The van der Waals surface area contributed by atoms with Crippen molar-refractivity contribution >= 4 is 24.6 Å². The zero-order chi connectivity index (χ0) is 14.9. The van der Waals surface area contributed by atoms with Crippen LogP contribution >= 0.6 is 12.6 Å². The maximum absolute atomic E-state index is 11.7. The summed E-state index contributed by atoms with van der Waals surface area (Å²) in [7, 11) is 7.29. The number of likely N-dealkylation sites (N-methyl/N-ethyl adjacent to an activating group) is 1. The van der Waals surface area contributed by atoms with Crippen LogP contribution in [0, 0.1) is 0 Å². The molecule has 0 fully saturated rings. The highest BCUT2D eigenvalue weighted by molar-refractivity contribution is 7.80. The minimum Gasteiger partial charge on any atom is -0.469 e. The number of quaternary nitrogens is 1. The van der Waals surface area contributed by atoms with Gasteiger partial charge in [0, 0.05) is 6.42 Å². The van der Waals surface area contributed by atoms with Gasteiger partial charge in [0.05, 0.1) is 34.7 Å². The van der Waals surface area contributed by atoms with Gasteiger partial charge in [0.1, 0.15) is 6.54 Å². The monoisotopic (exact) mass is 292 g/mol. The first-order valence-corrected chi connectivity index (χ1v) is 7.09. The van der Waals surface area contributed by atoms with E-state index in [4.69, 9.17) is 4.74 Å². The third kappa shape index (κ3) is 10.8. The summed E-state index contributed by atoms with van der Waals surface area (Å²) in [5.41, 5.74) is 0. The van der Waals surface area contributed by atoms with Crippen LogP contribution in [0.15, 0.2) is 0 Å². The number of thiol groups is 1. The fraction of sp³-hybridized carbons (Fsp3) is 0.846. The van der Waals surface area contributed by atoms with Crippen LogP contribution in [-0.2, 0) is 19.1 Å². The summed E-state index contributed by atoms with van der Waals surface area (Å²) in [6.07, 6.45) is 1.68. The molecule has 0 radical (unpaired) electrons. The molecule has 0 aliphatic heterocycles.